The van der Waals surface area contributed by atoms with Crippen LogP contribution in [0, 0.1) is 0 Å². The van der Waals surface area contributed by atoms with E-state index in [1.807, 2.05) is 27.7 Å². The lowest BCUT2D eigenvalue weighted by Gasteiger charge is -2.25. The lowest BCUT2D eigenvalue weighted by molar-refractivity contribution is -0.157. The van der Waals surface area contributed by atoms with Crippen LogP contribution in [0.1, 0.15) is 41.0 Å². The molecule has 96 valence electrons. The molecule has 4 heteroatoms. The largest absolute Gasteiger partial charge is 0.459 e. The van der Waals surface area contributed by atoms with Crippen LogP contribution >= 0.6 is 0 Å². The minimum absolute atomic E-state index is 0.188. The van der Waals surface area contributed by atoms with Gasteiger partial charge in [-0.05, 0) is 34.1 Å². The predicted molar refractivity (Wildman–Crippen MR) is 64.4 cm³/mol. The maximum Gasteiger partial charge on any atom is 0.323 e. The zero-order valence-electron chi connectivity index (χ0n) is 11.3. The predicted octanol–water partition coefficient (Wildman–Crippen LogP) is 1.73. The van der Waals surface area contributed by atoms with Gasteiger partial charge in [0.15, 0.2) is 0 Å². The van der Waals surface area contributed by atoms with E-state index in [1.165, 1.54) is 0 Å². The average molecular weight is 231 g/mol. The summed E-state index contributed by atoms with van der Waals surface area (Å²) in [7, 11) is 1.66. The summed E-state index contributed by atoms with van der Waals surface area (Å²) in [5.74, 6) is -0.220. The monoisotopic (exact) mass is 231 g/mol. The van der Waals surface area contributed by atoms with Gasteiger partial charge in [0.05, 0.1) is 6.61 Å². The minimum atomic E-state index is -0.435. The smallest absolute Gasteiger partial charge is 0.323 e. The van der Waals surface area contributed by atoms with E-state index in [-0.39, 0.29) is 18.1 Å². The Morgan fingerprint density at radius 1 is 1.38 bits per heavy atom. The Hall–Kier alpha value is -0.610. The lowest BCUT2D eigenvalue weighted by Crippen LogP contribution is -2.45. The van der Waals surface area contributed by atoms with Crippen molar-refractivity contribution in [1.82, 2.24) is 5.32 Å². The molecular formula is C12H25NO3. The lowest BCUT2D eigenvalue weighted by atomic mass is 10.1. The Morgan fingerprint density at radius 3 is 2.31 bits per heavy atom. The number of nitrogens with one attached hydrogen (secondary N) is 1. The van der Waals surface area contributed by atoms with Crippen molar-refractivity contribution in [3.63, 3.8) is 0 Å². The SMILES string of the molecule is CCC(COC)NC(C)C(=O)OC(C)(C)C. The van der Waals surface area contributed by atoms with Crippen molar-refractivity contribution in [3.8, 4) is 0 Å². The van der Waals surface area contributed by atoms with Gasteiger partial charge in [0, 0.05) is 13.2 Å². The van der Waals surface area contributed by atoms with E-state index in [0.717, 1.165) is 6.42 Å². The van der Waals surface area contributed by atoms with Crippen LogP contribution in [0.4, 0.5) is 0 Å². The van der Waals surface area contributed by atoms with Gasteiger partial charge in [0.1, 0.15) is 11.6 Å². The molecule has 0 rings (SSSR count). The number of esters is 1. The van der Waals surface area contributed by atoms with Crippen molar-refractivity contribution in [2.75, 3.05) is 13.7 Å². The summed E-state index contributed by atoms with van der Waals surface area (Å²) in [6, 6.07) is -0.119. The fourth-order valence-corrected chi connectivity index (χ4v) is 1.30. The number of methoxy groups -OCH3 is 1. The van der Waals surface area contributed by atoms with Gasteiger partial charge >= 0.3 is 5.97 Å². The standard InChI is InChI=1S/C12H25NO3/c1-7-10(8-15-6)13-9(2)11(14)16-12(3,4)5/h9-10,13H,7-8H2,1-6H3. The molecule has 2 unspecified atom stereocenters. The molecule has 0 amide bonds. The maximum absolute atomic E-state index is 11.7. The van der Waals surface area contributed by atoms with E-state index < -0.39 is 5.60 Å². The molecule has 0 radical (unpaired) electrons. The second-order valence-corrected chi connectivity index (χ2v) is 4.98. The fourth-order valence-electron chi connectivity index (χ4n) is 1.30. The minimum Gasteiger partial charge on any atom is -0.459 e. The molecule has 0 spiro atoms. The molecule has 4 nitrogen and oxygen atoms in total. The van der Waals surface area contributed by atoms with Crippen LogP contribution in [0.25, 0.3) is 0 Å². The molecule has 1 N–H and O–H groups in total. The number of carbonyl (C=O) groups excluding carboxylic acids is 1. The summed E-state index contributed by atoms with van der Waals surface area (Å²) < 4.78 is 10.3. The highest BCUT2D eigenvalue weighted by atomic mass is 16.6. The molecule has 0 aromatic carbocycles. The van der Waals surface area contributed by atoms with Gasteiger partial charge in [0.2, 0.25) is 0 Å². The Balaban J connectivity index is 4.13. The summed E-state index contributed by atoms with van der Waals surface area (Å²) in [4.78, 5) is 11.7. The normalized spacial score (nSPS) is 15.6. The van der Waals surface area contributed by atoms with Crippen LogP contribution in [0.3, 0.4) is 0 Å². The summed E-state index contributed by atoms with van der Waals surface area (Å²) in [5.41, 5.74) is -0.435. The van der Waals surface area contributed by atoms with Crippen molar-refractivity contribution in [2.45, 2.75) is 58.7 Å². The van der Waals surface area contributed by atoms with Gasteiger partial charge in [-0.25, -0.2) is 0 Å². The number of carbonyl (C=O) groups is 1. The van der Waals surface area contributed by atoms with Crippen molar-refractivity contribution in [1.29, 1.82) is 0 Å². The Kier molecular flexibility index (Phi) is 6.60. The van der Waals surface area contributed by atoms with E-state index in [1.54, 1.807) is 7.11 Å². The molecule has 0 aliphatic carbocycles. The van der Waals surface area contributed by atoms with E-state index in [2.05, 4.69) is 12.2 Å². The topological polar surface area (TPSA) is 47.6 Å². The molecular weight excluding hydrogens is 206 g/mol. The number of rotatable bonds is 6. The molecule has 0 saturated carbocycles. The van der Waals surface area contributed by atoms with Crippen LogP contribution in [-0.4, -0.2) is 37.4 Å². The molecule has 0 heterocycles. The van der Waals surface area contributed by atoms with Crippen molar-refractivity contribution < 1.29 is 14.3 Å². The molecule has 0 aromatic rings. The van der Waals surface area contributed by atoms with Crippen LogP contribution < -0.4 is 5.32 Å². The van der Waals surface area contributed by atoms with E-state index in [9.17, 15) is 4.79 Å². The molecule has 0 aliphatic heterocycles. The van der Waals surface area contributed by atoms with Crippen molar-refractivity contribution in [3.05, 3.63) is 0 Å². The van der Waals surface area contributed by atoms with Crippen LogP contribution in [0.15, 0.2) is 0 Å². The third-order valence-electron chi connectivity index (χ3n) is 2.11. The van der Waals surface area contributed by atoms with E-state index >= 15 is 0 Å². The third kappa shape index (κ3) is 6.80. The summed E-state index contributed by atoms with van der Waals surface area (Å²) in [5, 5.41) is 3.19. The fraction of sp³-hybridized carbons (Fsp3) is 0.917. The molecule has 0 bridgehead atoms. The number of ether oxygens (including phenoxy) is 2. The highest BCUT2D eigenvalue weighted by Gasteiger charge is 2.23. The summed E-state index contributed by atoms with van der Waals surface area (Å²) in [6.45, 7) is 10.1. The first-order valence-corrected chi connectivity index (χ1v) is 5.78. The highest BCUT2D eigenvalue weighted by Crippen LogP contribution is 2.08. The second-order valence-electron chi connectivity index (χ2n) is 4.98. The Morgan fingerprint density at radius 2 is 1.94 bits per heavy atom. The quantitative estimate of drug-likeness (QED) is 0.707. The van der Waals surface area contributed by atoms with E-state index in [4.69, 9.17) is 9.47 Å². The first kappa shape index (κ1) is 15.4. The molecule has 0 aromatic heterocycles. The van der Waals surface area contributed by atoms with Crippen LogP contribution in [-0.2, 0) is 14.3 Å². The van der Waals surface area contributed by atoms with Gasteiger partial charge < -0.3 is 9.47 Å². The van der Waals surface area contributed by atoms with Gasteiger partial charge in [0.25, 0.3) is 0 Å². The Bertz CT molecular complexity index is 211. The molecule has 16 heavy (non-hydrogen) atoms. The maximum atomic E-state index is 11.7. The van der Waals surface area contributed by atoms with Crippen molar-refractivity contribution in [2.24, 2.45) is 0 Å². The molecule has 0 fully saturated rings. The van der Waals surface area contributed by atoms with Crippen LogP contribution in [0.2, 0.25) is 0 Å². The first-order valence-electron chi connectivity index (χ1n) is 5.78. The average Bonchev–Trinajstić information content (AvgIpc) is 2.14. The van der Waals surface area contributed by atoms with Crippen molar-refractivity contribution >= 4 is 5.97 Å². The zero-order valence-corrected chi connectivity index (χ0v) is 11.3. The highest BCUT2D eigenvalue weighted by molar-refractivity contribution is 5.75. The van der Waals surface area contributed by atoms with Gasteiger partial charge in [-0.1, -0.05) is 6.92 Å². The number of hydrogen-bond acceptors (Lipinski definition) is 4. The molecule has 2 atom stereocenters. The first-order chi connectivity index (χ1) is 7.30. The zero-order chi connectivity index (χ0) is 12.8. The number of hydrogen-bond donors (Lipinski definition) is 1. The van der Waals surface area contributed by atoms with Gasteiger partial charge in [-0.2, -0.15) is 0 Å². The van der Waals surface area contributed by atoms with E-state index in [0.29, 0.717) is 6.61 Å². The van der Waals surface area contributed by atoms with Crippen LogP contribution in [0.5, 0.6) is 0 Å². The van der Waals surface area contributed by atoms with Gasteiger partial charge in [-0.15, -0.1) is 0 Å². The third-order valence-corrected chi connectivity index (χ3v) is 2.11. The molecule has 0 saturated heterocycles. The molecule has 0 aliphatic rings. The van der Waals surface area contributed by atoms with Gasteiger partial charge in [-0.3, -0.25) is 10.1 Å². The second kappa shape index (κ2) is 6.86. The summed E-state index contributed by atoms with van der Waals surface area (Å²) >= 11 is 0. The Labute approximate surface area is 98.7 Å². The summed E-state index contributed by atoms with van der Waals surface area (Å²) in [6.07, 6.45) is 0.918.